The van der Waals surface area contributed by atoms with Gasteiger partial charge in [0.1, 0.15) is 0 Å². The molecule has 0 aliphatic carbocycles. The van der Waals surface area contributed by atoms with Gasteiger partial charge in [-0.1, -0.05) is 13.8 Å². The molecule has 3 heteroatoms. The van der Waals surface area contributed by atoms with Crippen LogP contribution in [0.3, 0.4) is 0 Å². The molecule has 0 aromatic heterocycles. The van der Waals surface area contributed by atoms with Gasteiger partial charge in [-0.15, -0.1) is 0 Å². The third kappa shape index (κ3) is 8.85. The van der Waals surface area contributed by atoms with Crippen LogP contribution in [-0.2, 0) is 0 Å². The van der Waals surface area contributed by atoms with Crippen LogP contribution in [0.15, 0.2) is 0 Å². The Morgan fingerprint density at radius 3 is 2.33 bits per heavy atom. The van der Waals surface area contributed by atoms with Crippen molar-refractivity contribution in [1.82, 2.24) is 15.1 Å². The van der Waals surface area contributed by atoms with Crippen molar-refractivity contribution in [3.63, 3.8) is 0 Å². The van der Waals surface area contributed by atoms with E-state index in [1.165, 1.54) is 32.6 Å². The molecule has 0 aromatic rings. The van der Waals surface area contributed by atoms with Crippen LogP contribution >= 0.6 is 0 Å². The first kappa shape index (κ1) is 14.9. The molecule has 92 valence electrons. The second kappa shape index (κ2) is 9.13. The fourth-order valence-electron chi connectivity index (χ4n) is 1.84. The third-order valence-electron chi connectivity index (χ3n) is 2.65. The van der Waals surface area contributed by atoms with Crippen molar-refractivity contribution >= 4 is 0 Å². The lowest BCUT2D eigenvalue weighted by Crippen LogP contribution is -2.34. The lowest BCUT2D eigenvalue weighted by atomic mass is 10.1. The van der Waals surface area contributed by atoms with Gasteiger partial charge in [0.25, 0.3) is 0 Å². The summed E-state index contributed by atoms with van der Waals surface area (Å²) in [5, 5.41) is 3.24. The topological polar surface area (TPSA) is 18.5 Å². The molecule has 0 saturated heterocycles. The Balaban J connectivity index is 3.62. The minimum atomic E-state index is 0.745. The summed E-state index contributed by atoms with van der Waals surface area (Å²) in [5.74, 6) is 0.745. The predicted octanol–water partition coefficient (Wildman–Crippen LogP) is 1.12. The van der Waals surface area contributed by atoms with Crippen molar-refractivity contribution in [2.24, 2.45) is 5.92 Å². The zero-order valence-corrected chi connectivity index (χ0v) is 11.2. The Morgan fingerprint density at radius 1 is 1.20 bits per heavy atom. The van der Waals surface area contributed by atoms with Gasteiger partial charge in [0.15, 0.2) is 0 Å². The van der Waals surface area contributed by atoms with E-state index in [0.717, 1.165) is 12.5 Å². The number of hydrogen-bond donors (Lipinski definition) is 1. The molecule has 0 amide bonds. The van der Waals surface area contributed by atoms with Crippen LogP contribution in [0.5, 0.6) is 0 Å². The van der Waals surface area contributed by atoms with Crippen molar-refractivity contribution in [3.05, 3.63) is 0 Å². The maximum absolute atomic E-state index is 3.24. The maximum Gasteiger partial charge on any atom is 0.00190 e. The number of nitrogens with one attached hydrogen (secondary N) is 1. The summed E-state index contributed by atoms with van der Waals surface area (Å²) < 4.78 is 0. The molecule has 0 saturated carbocycles. The molecule has 3 nitrogen and oxygen atoms in total. The molecule has 0 fully saturated rings. The van der Waals surface area contributed by atoms with Crippen LogP contribution in [0.4, 0.5) is 0 Å². The lowest BCUT2D eigenvalue weighted by Gasteiger charge is -2.24. The average molecular weight is 215 g/mol. The van der Waals surface area contributed by atoms with E-state index in [0.29, 0.717) is 0 Å². The van der Waals surface area contributed by atoms with Crippen LogP contribution < -0.4 is 5.32 Å². The minimum Gasteiger partial charge on any atom is -0.319 e. The number of hydrogen-bond acceptors (Lipinski definition) is 3. The van der Waals surface area contributed by atoms with E-state index in [-0.39, 0.29) is 0 Å². The zero-order chi connectivity index (χ0) is 11.7. The minimum absolute atomic E-state index is 0.745. The van der Waals surface area contributed by atoms with Crippen molar-refractivity contribution < 1.29 is 0 Å². The second-order valence-electron chi connectivity index (χ2n) is 4.71. The first-order valence-electron chi connectivity index (χ1n) is 6.11. The zero-order valence-electron chi connectivity index (χ0n) is 11.2. The number of rotatable bonds is 9. The smallest absolute Gasteiger partial charge is 0.00190 e. The fraction of sp³-hybridized carbons (Fsp3) is 1.00. The van der Waals surface area contributed by atoms with Crippen molar-refractivity contribution in [2.45, 2.75) is 20.3 Å². The summed E-state index contributed by atoms with van der Waals surface area (Å²) in [5.41, 5.74) is 0. The van der Waals surface area contributed by atoms with Gasteiger partial charge in [-0.2, -0.15) is 0 Å². The quantitative estimate of drug-likeness (QED) is 0.622. The van der Waals surface area contributed by atoms with E-state index in [4.69, 9.17) is 0 Å². The van der Waals surface area contributed by atoms with Gasteiger partial charge in [-0.3, -0.25) is 0 Å². The van der Waals surface area contributed by atoms with Gasteiger partial charge in [0.05, 0.1) is 0 Å². The van der Waals surface area contributed by atoms with Gasteiger partial charge >= 0.3 is 0 Å². The summed E-state index contributed by atoms with van der Waals surface area (Å²) in [6.45, 7) is 10.5. The van der Waals surface area contributed by atoms with E-state index in [1.807, 2.05) is 7.05 Å². The Bertz CT molecular complexity index is 137. The van der Waals surface area contributed by atoms with Gasteiger partial charge in [-0.25, -0.2) is 0 Å². The molecule has 1 unspecified atom stereocenters. The van der Waals surface area contributed by atoms with Gasteiger partial charge in [0.2, 0.25) is 0 Å². The summed E-state index contributed by atoms with van der Waals surface area (Å²) >= 11 is 0. The molecule has 0 radical (unpaired) electrons. The van der Waals surface area contributed by atoms with Crippen molar-refractivity contribution in [3.8, 4) is 0 Å². The van der Waals surface area contributed by atoms with E-state index in [9.17, 15) is 0 Å². The molecule has 1 atom stereocenters. The van der Waals surface area contributed by atoms with Crippen LogP contribution in [-0.4, -0.2) is 63.7 Å². The molecule has 0 bridgehead atoms. The molecule has 0 rings (SSSR count). The Kier molecular flexibility index (Phi) is 9.06. The molecule has 0 aliphatic heterocycles. The summed E-state index contributed by atoms with van der Waals surface area (Å²) in [4.78, 5) is 4.80. The van der Waals surface area contributed by atoms with Crippen LogP contribution in [0.25, 0.3) is 0 Å². The Labute approximate surface area is 95.8 Å². The maximum atomic E-state index is 3.24. The summed E-state index contributed by atoms with van der Waals surface area (Å²) in [6, 6.07) is 0. The fourth-order valence-corrected chi connectivity index (χ4v) is 1.84. The first-order chi connectivity index (χ1) is 7.10. The molecule has 0 aliphatic rings. The monoisotopic (exact) mass is 215 g/mol. The third-order valence-corrected chi connectivity index (χ3v) is 2.65. The average Bonchev–Trinajstić information content (AvgIpc) is 2.16. The highest BCUT2D eigenvalue weighted by Gasteiger charge is 2.07. The Hall–Kier alpha value is -0.120. The predicted molar refractivity (Wildman–Crippen MR) is 68.4 cm³/mol. The highest BCUT2D eigenvalue weighted by atomic mass is 15.1. The molecule has 0 spiro atoms. The van der Waals surface area contributed by atoms with Gasteiger partial charge in [-0.05, 0) is 59.7 Å². The molecule has 0 aromatic carbocycles. The Morgan fingerprint density at radius 2 is 1.87 bits per heavy atom. The molecule has 15 heavy (non-hydrogen) atoms. The second-order valence-corrected chi connectivity index (χ2v) is 4.71. The van der Waals surface area contributed by atoms with Gasteiger partial charge < -0.3 is 15.1 Å². The van der Waals surface area contributed by atoms with Crippen LogP contribution in [0.2, 0.25) is 0 Å². The molecular weight excluding hydrogens is 186 g/mol. The standard InChI is InChI=1S/C12H29N3/c1-6-15(9-7-8-14(4)5)11-12(2)10-13-3/h12-13H,6-11H2,1-5H3. The van der Waals surface area contributed by atoms with E-state index in [1.54, 1.807) is 0 Å². The largest absolute Gasteiger partial charge is 0.319 e. The highest BCUT2D eigenvalue weighted by molar-refractivity contribution is 4.63. The first-order valence-corrected chi connectivity index (χ1v) is 6.11. The van der Waals surface area contributed by atoms with Crippen molar-refractivity contribution in [1.29, 1.82) is 0 Å². The molecule has 1 N–H and O–H groups in total. The summed E-state index contributed by atoms with van der Waals surface area (Å²) in [7, 11) is 6.30. The normalized spacial score (nSPS) is 13.8. The van der Waals surface area contributed by atoms with E-state index < -0.39 is 0 Å². The van der Waals surface area contributed by atoms with E-state index >= 15 is 0 Å². The van der Waals surface area contributed by atoms with E-state index in [2.05, 4.69) is 43.1 Å². The van der Waals surface area contributed by atoms with Crippen molar-refractivity contribution in [2.75, 3.05) is 53.9 Å². The summed E-state index contributed by atoms with van der Waals surface area (Å²) in [6.07, 6.45) is 1.27. The molecular formula is C12H29N3. The van der Waals surface area contributed by atoms with Crippen LogP contribution in [0, 0.1) is 5.92 Å². The molecule has 0 heterocycles. The SMILES string of the molecule is CCN(CCCN(C)C)CC(C)CNC. The lowest BCUT2D eigenvalue weighted by molar-refractivity contribution is 0.233. The van der Waals surface area contributed by atoms with Crippen LogP contribution in [0.1, 0.15) is 20.3 Å². The highest BCUT2D eigenvalue weighted by Crippen LogP contribution is 2.00. The number of nitrogens with zero attached hydrogens (tertiary/aromatic N) is 2. The van der Waals surface area contributed by atoms with Gasteiger partial charge in [0, 0.05) is 6.54 Å².